The van der Waals surface area contributed by atoms with Gasteiger partial charge in [-0.3, -0.25) is 9.98 Å². The van der Waals surface area contributed by atoms with Gasteiger partial charge in [-0.2, -0.15) is 5.48 Å². The topological polar surface area (TPSA) is 143 Å². The van der Waals surface area contributed by atoms with E-state index in [9.17, 15) is 9.59 Å². The molecule has 43 heavy (non-hydrogen) atoms. The van der Waals surface area contributed by atoms with Crippen LogP contribution in [0.5, 0.6) is 17.2 Å². The molecule has 0 radical (unpaired) electrons. The molecule has 0 saturated carbocycles. The van der Waals surface area contributed by atoms with Crippen LogP contribution in [0.15, 0.2) is 96.3 Å². The summed E-state index contributed by atoms with van der Waals surface area (Å²) in [6.45, 7) is 6.26. The van der Waals surface area contributed by atoms with Crippen LogP contribution in [0.25, 0.3) is 28.2 Å². The van der Waals surface area contributed by atoms with Crippen LogP contribution in [-0.2, 0) is 11.4 Å². The Bertz CT molecular complexity index is 1850. The van der Waals surface area contributed by atoms with E-state index in [1.807, 2.05) is 6.92 Å². The fourth-order valence-electron chi connectivity index (χ4n) is 4.40. The van der Waals surface area contributed by atoms with Crippen molar-refractivity contribution in [1.29, 1.82) is 5.41 Å². The van der Waals surface area contributed by atoms with E-state index in [2.05, 4.69) is 17.0 Å². The zero-order chi connectivity index (χ0) is 30.3. The van der Waals surface area contributed by atoms with Crippen molar-refractivity contribution in [3.05, 3.63) is 108 Å². The van der Waals surface area contributed by atoms with Crippen LogP contribution < -0.4 is 25.4 Å². The van der Waals surface area contributed by atoms with E-state index >= 15 is 0 Å². The average molecular weight is 581 g/mol. The zero-order valence-electron chi connectivity index (χ0n) is 23.4. The maximum atomic E-state index is 13.9. The second-order valence-corrected chi connectivity index (χ2v) is 8.96. The largest absolute Gasteiger partial charge is 0.538 e. The van der Waals surface area contributed by atoms with Crippen LogP contribution in [0, 0.1) is 5.41 Å². The molecular weight excluding hydrogens is 552 g/mol. The highest BCUT2D eigenvalue weighted by atomic mass is 16.8. The first-order valence-electron chi connectivity index (χ1n) is 13.2. The van der Waals surface area contributed by atoms with Crippen LogP contribution in [0.4, 0.5) is 4.79 Å². The molecule has 3 aromatic carbocycles. The maximum absolute atomic E-state index is 13.9. The Labute approximate surface area is 246 Å². The molecule has 12 heteroatoms. The standard InChI is InChI=1S/C31H28N6O6/c1-4-19-36-26-25(27(32)35-43-31(39)42-22-11-7-6-8-12-22)33-28(20-15-17-21(18-16-20)41-5-2)34-29(26)37(30(36)38)23-13-9-10-14-24(23)40-3/h4,6-18H,1,5,19H2,2-3H3,(H2,32,35). The van der Waals surface area contributed by atoms with Crippen molar-refractivity contribution in [3.63, 3.8) is 0 Å². The Balaban J connectivity index is 1.66. The number of hydroxylamine groups is 1. The summed E-state index contributed by atoms with van der Waals surface area (Å²) < 4.78 is 19.0. The predicted molar refractivity (Wildman–Crippen MR) is 160 cm³/mol. The third kappa shape index (κ3) is 5.93. The Morgan fingerprint density at radius 3 is 2.42 bits per heavy atom. The number of hydrogen-bond donors (Lipinski definition) is 2. The number of methoxy groups -OCH3 is 1. The molecule has 2 aromatic heterocycles. The molecule has 2 heterocycles. The van der Waals surface area contributed by atoms with Gasteiger partial charge in [0.2, 0.25) is 0 Å². The van der Waals surface area contributed by atoms with Crippen molar-refractivity contribution >= 4 is 23.2 Å². The van der Waals surface area contributed by atoms with Crippen molar-refractivity contribution in [2.24, 2.45) is 0 Å². The van der Waals surface area contributed by atoms with E-state index in [1.54, 1.807) is 84.9 Å². The number of para-hydroxylation sites is 3. The quantitative estimate of drug-likeness (QED) is 0.0622. The summed E-state index contributed by atoms with van der Waals surface area (Å²) in [5.41, 5.74) is 3.27. The maximum Gasteiger partial charge on any atom is 0.538 e. The molecule has 5 rings (SSSR count). The normalized spacial score (nSPS) is 10.7. The molecule has 12 nitrogen and oxygen atoms in total. The number of nitrogens with one attached hydrogen (secondary N) is 2. The number of benzene rings is 3. The molecule has 0 fully saturated rings. The fourth-order valence-corrected chi connectivity index (χ4v) is 4.40. The molecule has 0 unspecified atom stereocenters. The minimum Gasteiger partial charge on any atom is -0.495 e. The first-order valence-corrected chi connectivity index (χ1v) is 13.2. The van der Waals surface area contributed by atoms with Gasteiger partial charge in [0.05, 0.1) is 19.4 Å². The molecule has 0 spiro atoms. The summed E-state index contributed by atoms with van der Waals surface area (Å²) in [6.07, 6.45) is 0.450. The third-order valence-corrected chi connectivity index (χ3v) is 6.25. The second-order valence-electron chi connectivity index (χ2n) is 8.96. The van der Waals surface area contributed by atoms with Crippen LogP contribution in [-0.4, -0.2) is 44.8 Å². The van der Waals surface area contributed by atoms with Crippen molar-refractivity contribution in [1.82, 2.24) is 24.6 Å². The van der Waals surface area contributed by atoms with E-state index in [0.717, 1.165) is 0 Å². The van der Waals surface area contributed by atoms with Crippen molar-refractivity contribution in [2.45, 2.75) is 13.5 Å². The molecular formula is C31H28N6O6. The summed E-state index contributed by atoms with van der Waals surface area (Å²) in [7, 11) is 1.50. The zero-order valence-corrected chi connectivity index (χ0v) is 23.4. The monoisotopic (exact) mass is 580 g/mol. The number of hydrogen-bond acceptors (Lipinski definition) is 9. The molecule has 0 aliphatic heterocycles. The third-order valence-electron chi connectivity index (χ3n) is 6.25. The van der Waals surface area contributed by atoms with Gasteiger partial charge in [0.1, 0.15) is 28.5 Å². The number of carbonyl (C=O) groups is 1. The van der Waals surface area contributed by atoms with Crippen molar-refractivity contribution in [2.75, 3.05) is 13.7 Å². The number of imidazole rings is 1. The van der Waals surface area contributed by atoms with Gasteiger partial charge in [-0.25, -0.2) is 24.1 Å². The average Bonchev–Trinajstić information content (AvgIpc) is 3.31. The van der Waals surface area contributed by atoms with Gasteiger partial charge >= 0.3 is 11.8 Å². The number of rotatable bonds is 9. The molecule has 2 N–H and O–H groups in total. The number of aromatic nitrogens is 4. The first kappa shape index (κ1) is 28.6. The summed E-state index contributed by atoms with van der Waals surface area (Å²) in [4.78, 5) is 40.6. The van der Waals surface area contributed by atoms with Crippen LogP contribution in [0.2, 0.25) is 0 Å². The van der Waals surface area contributed by atoms with Gasteiger partial charge < -0.3 is 19.0 Å². The highest BCUT2D eigenvalue weighted by Gasteiger charge is 2.25. The number of ether oxygens (including phenoxy) is 3. The molecule has 0 amide bonds. The van der Waals surface area contributed by atoms with Gasteiger partial charge in [-0.1, -0.05) is 36.4 Å². The Morgan fingerprint density at radius 2 is 1.72 bits per heavy atom. The summed E-state index contributed by atoms with van der Waals surface area (Å²) in [6, 6.07) is 22.4. The summed E-state index contributed by atoms with van der Waals surface area (Å²) in [5, 5.41) is 8.80. The SMILES string of the molecule is C=CCn1c(=O)n(-c2ccccc2OC)c2nc(-c3ccc(OCC)cc3)nc(C(=N)NOC(=O)Oc3ccccc3)c21. The first-order chi connectivity index (χ1) is 20.9. The summed E-state index contributed by atoms with van der Waals surface area (Å²) in [5.74, 6) is 1.15. The Hall–Kier alpha value is -5.91. The number of fused-ring (bicyclic) bond motifs is 1. The highest BCUT2D eigenvalue weighted by Crippen LogP contribution is 2.28. The van der Waals surface area contributed by atoms with Crippen molar-refractivity contribution < 1.29 is 23.8 Å². The molecule has 0 aliphatic carbocycles. The molecule has 0 bridgehead atoms. The summed E-state index contributed by atoms with van der Waals surface area (Å²) >= 11 is 0. The van der Waals surface area contributed by atoms with Gasteiger partial charge in [0.25, 0.3) is 0 Å². The lowest BCUT2D eigenvalue weighted by atomic mass is 10.2. The minimum absolute atomic E-state index is 0.00556. The lowest BCUT2D eigenvalue weighted by molar-refractivity contribution is 0.0754. The van der Waals surface area contributed by atoms with Gasteiger partial charge in [-0.15, -0.1) is 6.58 Å². The van der Waals surface area contributed by atoms with Gasteiger partial charge in [0, 0.05) is 12.1 Å². The molecule has 218 valence electrons. The molecule has 5 aromatic rings. The number of allylic oxidation sites excluding steroid dienone is 1. The van der Waals surface area contributed by atoms with Crippen molar-refractivity contribution in [3.8, 4) is 34.3 Å². The van der Waals surface area contributed by atoms with Crippen LogP contribution >= 0.6 is 0 Å². The van der Waals surface area contributed by atoms with Crippen LogP contribution in [0.1, 0.15) is 12.6 Å². The van der Waals surface area contributed by atoms with Crippen LogP contribution in [0.3, 0.4) is 0 Å². The highest BCUT2D eigenvalue weighted by molar-refractivity contribution is 6.04. The second kappa shape index (κ2) is 12.7. The predicted octanol–water partition coefficient (Wildman–Crippen LogP) is 4.89. The minimum atomic E-state index is -1.09. The number of carbonyl (C=O) groups excluding carboxylic acids is 1. The molecule has 0 atom stereocenters. The fraction of sp³-hybridized carbons (Fsp3) is 0.129. The van der Waals surface area contributed by atoms with E-state index in [1.165, 1.54) is 16.2 Å². The smallest absolute Gasteiger partial charge is 0.495 e. The lowest BCUT2D eigenvalue weighted by Crippen LogP contribution is -2.30. The van der Waals surface area contributed by atoms with E-state index < -0.39 is 17.7 Å². The number of amidine groups is 1. The van der Waals surface area contributed by atoms with E-state index in [-0.39, 0.29) is 35.0 Å². The molecule has 0 saturated heterocycles. The Morgan fingerprint density at radius 1 is 1.00 bits per heavy atom. The van der Waals surface area contributed by atoms with E-state index in [4.69, 9.17) is 29.4 Å². The van der Waals surface area contributed by atoms with E-state index in [0.29, 0.717) is 29.4 Å². The number of nitrogens with zero attached hydrogens (tertiary/aromatic N) is 4. The Kier molecular flexibility index (Phi) is 8.47. The lowest BCUT2D eigenvalue weighted by Gasteiger charge is -2.12. The van der Waals surface area contributed by atoms with Gasteiger partial charge in [0.15, 0.2) is 17.3 Å². The molecule has 0 aliphatic rings. The van der Waals surface area contributed by atoms with Gasteiger partial charge in [-0.05, 0) is 55.5 Å².